The summed E-state index contributed by atoms with van der Waals surface area (Å²) in [5.74, 6) is -0.0716. The Hall–Kier alpha value is -1.66. The molecule has 0 aromatic rings. The summed E-state index contributed by atoms with van der Waals surface area (Å²) in [6.45, 7) is 4.91. The maximum absolute atomic E-state index is 12.5. The van der Waals surface area contributed by atoms with Gasteiger partial charge in [-0.2, -0.15) is 0 Å². The molecule has 1 amide bonds. The largest absolute Gasteiger partial charge is 0.466 e. The minimum absolute atomic E-state index is 0.0201. The second kappa shape index (κ2) is 55.9. The number of hydrogen-bond acceptors (Lipinski definition) is 5. The van der Waals surface area contributed by atoms with E-state index in [9.17, 15) is 19.8 Å². The first-order valence-electron chi connectivity index (χ1n) is 29.6. The first-order chi connectivity index (χ1) is 32.5. The number of unbranched alkanes of at least 4 members (excludes halogenated alkanes) is 40. The van der Waals surface area contributed by atoms with Crippen LogP contribution in [0, 0.1) is 0 Å². The molecule has 6 nitrogen and oxygen atoms in total. The number of aliphatic hydroxyl groups is 2. The Morgan fingerprint density at radius 1 is 0.424 bits per heavy atom. The van der Waals surface area contributed by atoms with Crippen molar-refractivity contribution in [3.8, 4) is 0 Å². The molecule has 66 heavy (non-hydrogen) atoms. The zero-order chi connectivity index (χ0) is 47.9. The van der Waals surface area contributed by atoms with Crippen LogP contribution in [0.5, 0.6) is 0 Å². The van der Waals surface area contributed by atoms with E-state index in [1.807, 2.05) is 0 Å². The van der Waals surface area contributed by atoms with Crippen molar-refractivity contribution >= 4 is 11.9 Å². The van der Waals surface area contributed by atoms with Gasteiger partial charge in [-0.1, -0.05) is 276 Å². The van der Waals surface area contributed by atoms with E-state index < -0.39 is 12.1 Å². The lowest BCUT2D eigenvalue weighted by atomic mass is 10.0. The quantitative estimate of drug-likeness (QED) is 0.0321. The number of rotatable bonds is 55. The van der Waals surface area contributed by atoms with Crippen molar-refractivity contribution in [1.82, 2.24) is 5.32 Å². The molecule has 6 heteroatoms. The molecule has 0 rings (SSSR count). The Morgan fingerprint density at radius 3 is 1.17 bits per heavy atom. The summed E-state index contributed by atoms with van der Waals surface area (Å²) in [7, 11) is 0. The number of ether oxygens (including phenoxy) is 1. The van der Waals surface area contributed by atoms with Crippen molar-refractivity contribution in [3.63, 3.8) is 0 Å². The highest BCUT2D eigenvalue weighted by molar-refractivity contribution is 5.76. The molecule has 0 heterocycles. The van der Waals surface area contributed by atoms with Crippen molar-refractivity contribution in [2.45, 2.75) is 334 Å². The number of esters is 1. The van der Waals surface area contributed by atoms with Gasteiger partial charge in [0.05, 0.1) is 25.4 Å². The molecule has 2 atom stereocenters. The number of hydrogen-bond donors (Lipinski definition) is 3. The lowest BCUT2D eigenvalue weighted by Crippen LogP contribution is -2.45. The molecule has 0 bridgehead atoms. The minimum atomic E-state index is -0.678. The standard InChI is InChI=1S/C60H115NO5/c1-3-5-7-9-11-13-15-17-19-21-23-24-25-27-29-32-36-40-44-48-52-58(63)57(56-62)61-59(64)53-49-45-41-37-33-31-35-39-43-47-51-55-66-60(65)54-50-46-42-38-34-30-28-26-22-20-18-16-14-12-10-8-6-4-2/h14,16,20,22,57-58,62-63H,3-13,15,17-19,21,23-56H2,1-2H3,(H,61,64)/b16-14-,22-20-. The number of carbonyl (C=O) groups excluding carboxylic acids is 2. The highest BCUT2D eigenvalue weighted by Gasteiger charge is 2.20. The van der Waals surface area contributed by atoms with E-state index in [2.05, 4.69) is 43.5 Å². The summed E-state index contributed by atoms with van der Waals surface area (Å²) in [6, 6.07) is -0.557. The van der Waals surface area contributed by atoms with Gasteiger partial charge in [0.15, 0.2) is 0 Å². The molecule has 0 saturated heterocycles. The molecule has 0 aliphatic heterocycles. The minimum Gasteiger partial charge on any atom is -0.466 e. The molecular weight excluding hydrogens is 815 g/mol. The molecule has 0 radical (unpaired) electrons. The molecule has 2 unspecified atom stereocenters. The Labute approximate surface area is 411 Å². The van der Waals surface area contributed by atoms with Gasteiger partial charge < -0.3 is 20.3 Å². The normalized spacial score (nSPS) is 12.7. The van der Waals surface area contributed by atoms with Crippen LogP contribution in [0.3, 0.4) is 0 Å². The van der Waals surface area contributed by atoms with Crippen molar-refractivity contribution < 1.29 is 24.5 Å². The van der Waals surface area contributed by atoms with Crippen molar-refractivity contribution in [1.29, 1.82) is 0 Å². The second-order valence-corrected chi connectivity index (χ2v) is 20.3. The van der Waals surface area contributed by atoms with Gasteiger partial charge in [-0.3, -0.25) is 9.59 Å². The van der Waals surface area contributed by atoms with Gasteiger partial charge in [-0.15, -0.1) is 0 Å². The Bertz CT molecular complexity index is 1030. The van der Waals surface area contributed by atoms with Gasteiger partial charge in [0.2, 0.25) is 5.91 Å². The molecule has 0 fully saturated rings. The smallest absolute Gasteiger partial charge is 0.305 e. The van der Waals surface area contributed by atoms with Crippen LogP contribution in [0.4, 0.5) is 0 Å². The molecule has 0 spiro atoms. The summed E-state index contributed by atoms with van der Waals surface area (Å²) in [6.07, 6.45) is 67.3. The lowest BCUT2D eigenvalue weighted by molar-refractivity contribution is -0.143. The summed E-state index contributed by atoms with van der Waals surface area (Å²) in [5, 5.41) is 23.3. The number of nitrogens with one attached hydrogen (secondary N) is 1. The van der Waals surface area contributed by atoms with Crippen molar-refractivity contribution in [2.24, 2.45) is 0 Å². The topological polar surface area (TPSA) is 95.9 Å². The number of aliphatic hydroxyl groups excluding tert-OH is 2. The van der Waals surface area contributed by atoms with E-state index in [4.69, 9.17) is 4.74 Å². The van der Waals surface area contributed by atoms with Gasteiger partial charge in [-0.25, -0.2) is 0 Å². The van der Waals surface area contributed by atoms with Crippen LogP contribution >= 0.6 is 0 Å². The van der Waals surface area contributed by atoms with Gasteiger partial charge >= 0.3 is 5.97 Å². The zero-order valence-electron chi connectivity index (χ0n) is 44.4. The fourth-order valence-electron chi connectivity index (χ4n) is 9.20. The van der Waals surface area contributed by atoms with E-state index in [0.717, 1.165) is 64.2 Å². The van der Waals surface area contributed by atoms with Crippen LogP contribution in [0.1, 0.15) is 322 Å². The summed E-state index contributed by atoms with van der Waals surface area (Å²) in [5.41, 5.74) is 0. The molecular formula is C60H115NO5. The number of carbonyl (C=O) groups is 2. The van der Waals surface area contributed by atoms with E-state index in [-0.39, 0.29) is 18.5 Å². The molecule has 0 aromatic heterocycles. The second-order valence-electron chi connectivity index (χ2n) is 20.3. The van der Waals surface area contributed by atoms with Gasteiger partial charge in [0.1, 0.15) is 0 Å². The SMILES string of the molecule is CCCCCC/C=C\C/C=C\CCCCCCCCCC(=O)OCCCCCCCCCCCCCC(=O)NC(CO)C(O)CCCCCCCCCCCCCCCCCCCCCC. The maximum atomic E-state index is 12.5. The highest BCUT2D eigenvalue weighted by atomic mass is 16.5. The van der Waals surface area contributed by atoms with Crippen LogP contribution in [0.25, 0.3) is 0 Å². The summed E-state index contributed by atoms with van der Waals surface area (Å²) in [4.78, 5) is 24.6. The van der Waals surface area contributed by atoms with Gasteiger partial charge in [0, 0.05) is 12.8 Å². The van der Waals surface area contributed by atoms with Crippen LogP contribution in [0.15, 0.2) is 24.3 Å². The molecule has 3 N–H and O–H groups in total. The van der Waals surface area contributed by atoms with Crippen molar-refractivity contribution in [3.05, 3.63) is 24.3 Å². The van der Waals surface area contributed by atoms with E-state index in [1.165, 1.54) is 225 Å². The summed E-state index contributed by atoms with van der Waals surface area (Å²) < 4.78 is 5.47. The van der Waals surface area contributed by atoms with E-state index in [0.29, 0.717) is 25.9 Å². The van der Waals surface area contributed by atoms with E-state index in [1.54, 1.807) is 0 Å². The van der Waals surface area contributed by atoms with Gasteiger partial charge in [0.25, 0.3) is 0 Å². The Kier molecular flexibility index (Phi) is 54.5. The Morgan fingerprint density at radius 2 is 0.758 bits per heavy atom. The third-order valence-electron chi connectivity index (χ3n) is 13.8. The predicted octanol–water partition coefficient (Wildman–Crippen LogP) is 18.2. The molecule has 0 aliphatic carbocycles. The molecule has 0 aliphatic rings. The summed E-state index contributed by atoms with van der Waals surface area (Å²) >= 11 is 0. The van der Waals surface area contributed by atoms with Gasteiger partial charge in [-0.05, 0) is 57.8 Å². The third-order valence-corrected chi connectivity index (χ3v) is 13.8. The molecule has 0 saturated carbocycles. The average molecular weight is 931 g/mol. The molecule has 0 aromatic carbocycles. The fourth-order valence-corrected chi connectivity index (χ4v) is 9.20. The fraction of sp³-hybridized carbons (Fsp3) is 0.900. The van der Waals surface area contributed by atoms with Crippen LogP contribution < -0.4 is 5.32 Å². The lowest BCUT2D eigenvalue weighted by Gasteiger charge is -2.22. The third kappa shape index (κ3) is 51.7. The van der Waals surface area contributed by atoms with Crippen LogP contribution in [-0.4, -0.2) is 47.4 Å². The van der Waals surface area contributed by atoms with Crippen molar-refractivity contribution in [2.75, 3.05) is 13.2 Å². The maximum Gasteiger partial charge on any atom is 0.305 e. The predicted molar refractivity (Wildman–Crippen MR) is 287 cm³/mol. The zero-order valence-corrected chi connectivity index (χ0v) is 44.4. The molecule has 390 valence electrons. The van der Waals surface area contributed by atoms with E-state index >= 15 is 0 Å². The number of allylic oxidation sites excluding steroid dienone is 4. The van der Waals surface area contributed by atoms with Crippen LogP contribution in [-0.2, 0) is 14.3 Å². The Balaban J connectivity index is 3.46. The monoisotopic (exact) mass is 930 g/mol. The first-order valence-corrected chi connectivity index (χ1v) is 29.6. The number of amides is 1. The average Bonchev–Trinajstić information content (AvgIpc) is 3.32. The highest BCUT2D eigenvalue weighted by Crippen LogP contribution is 2.17. The van der Waals surface area contributed by atoms with Crippen LogP contribution in [0.2, 0.25) is 0 Å². The first kappa shape index (κ1) is 64.3.